The maximum Gasteiger partial charge on any atom is 0.266 e. The van der Waals surface area contributed by atoms with Gasteiger partial charge in [0, 0.05) is 40.6 Å². The van der Waals surface area contributed by atoms with E-state index in [2.05, 4.69) is 25.8 Å². The van der Waals surface area contributed by atoms with Gasteiger partial charge in [-0.3, -0.25) is 28.3 Å². The molecular formula is C49H45N7O6S2. The molecular weight excluding hydrogens is 847 g/mol. The zero-order valence-corrected chi connectivity index (χ0v) is 36.6. The van der Waals surface area contributed by atoms with Gasteiger partial charge in [0.15, 0.2) is 0 Å². The van der Waals surface area contributed by atoms with Crippen molar-refractivity contribution in [3.63, 3.8) is 0 Å². The second kappa shape index (κ2) is 20.0. The number of nitrogens with one attached hydrogen (secondary N) is 3. The summed E-state index contributed by atoms with van der Waals surface area (Å²) in [6, 6.07) is 48.7. The average molecular weight is 892 g/mol. The van der Waals surface area contributed by atoms with Crippen molar-refractivity contribution in [1.29, 1.82) is 0 Å². The zero-order valence-electron chi connectivity index (χ0n) is 34.9. The second-order valence-electron chi connectivity index (χ2n) is 14.9. The van der Waals surface area contributed by atoms with E-state index >= 15 is 0 Å². The average Bonchev–Trinajstić information content (AvgIpc) is 3.79. The van der Waals surface area contributed by atoms with Crippen LogP contribution < -0.4 is 19.2 Å². The van der Waals surface area contributed by atoms with Crippen molar-refractivity contribution >= 4 is 59.8 Å². The molecule has 0 radical (unpaired) electrons. The van der Waals surface area contributed by atoms with Crippen LogP contribution in [0.4, 0.5) is 17.1 Å². The summed E-state index contributed by atoms with van der Waals surface area (Å²) in [6.07, 6.45) is 4.55. The number of sulfonamides is 2. The summed E-state index contributed by atoms with van der Waals surface area (Å²) in [5, 5.41) is 13.5. The molecule has 0 bridgehead atoms. The van der Waals surface area contributed by atoms with Gasteiger partial charge in [0.1, 0.15) is 4.90 Å². The number of aromatic nitrogens is 3. The van der Waals surface area contributed by atoms with Crippen molar-refractivity contribution in [3.8, 4) is 0 Å². The Morgan fingerprint density at radius 1 is 0.578 bits per heavy atom. The largest absolute Gasteiger partial charge is 0.350 e. The van der Waals surface area contributed by atoms with Crippen LogP contribution in [0.5, 0.6) is 0 Å². The molecule has 0 saturated heterocycles. The van der Waals surface area contributed by atoms with Gasteiger partial charge in [-0.1, -0.05) is 91.0 Å². The molecule has 6 aromatic carbocycles. The molecule has 0 saturated carbocycles. The molecule has 0 fully saturated rings. The van der Waals surface area contributed by atoms with Crippen molar-refractivity contribution in [2.75, 3.05) is 13.9 Å². The lowest BCUT2D eigenvalue weighted by Gasteiger charge is -2.25. The molecule has 15 heteroatoms. The lowest BCUT2D eigenvalue weighted by molar-refractivity contribution is 0.0942. The number of aromatic amines is 1. The lowest BCUT2D eigenvalue weighted by atomic mass is 10.1. The number of hydrogen-bond acceptors (Lipinski definition) is 8. The molecule has 0 aliphatic rings. The van der Waals surface area contributed by atoms with E-state index in [-0.39, 0.29) is 40.7 Å². The molecule has 64 heavy (non-hydrogen) atoms. The van der Waals surface area contributed by atoms with Crippen molar-refractivity contribution in [3.05, 3.63) is 211 Å². The number of pyridine rings is 1. The first kappa shape index (κ1) is 44.4. The minimum Gasteiger partial charge on any atom is -0.350 e. The summed E-state index contributed by atoms with van der Waals surface area (Å²) in [5.41, 5.74) is 4.62. The van der Waals surface area contributed by atoms with Gasteiger partial charge in [-0.15, -0.1) is 0 Å². The third-order valence-corrected chi connectivity index (χ3v) is 13.3. The number of H-pyrrole nitrogens is 1. The van der Waals surface area contributed by atoms with Crippen LogP contribution in [0.2, 0.25) is 0 Å². The summed E-state index contributed by atoms with van der Waals surface area (Å²) < 4.78 is 56.6. The van der Waals surface area contributed by atoms with Gasteiger partial charge in [-0.25, -0.2) is 16.8 Å². The standard InChI is InChI=1S/C27H22N4O3S.C22H23N3O3S/c32-27(29-23-15-14-22-18-28-30-26(22)17-23)21-10-7-11-24(16-21)31(19-20-8-3-1-4-9-20)35(33,34)25-12-5-2-6-13-25;1-17(2)24-22(26)19-10-6-11-20(14-19)25(16-18-8-4-3-5-9-18)29(27,28)21-12-7-13-23-15-21/h1-18H,19H2,(H,28,30)(H,29,32);3-15,17H,16H2,1-2H3,(H,24,26). The minimum absolute atomic E-state index is 0.0225. The Bertz CT molecular complexity index is 3060. The van der Waals surface area contributed by atoms with Crippen LogP contribution in [-0.2, 0) is 33.1 Å². The molecule has 3 N–H and O–H groups in total. The van der Waals surface area contributed by atoms with Gasteiger partial charge in [-0.05, 0) is 104 Å². The number of fused-ring (bicyclic) bond motifs is 1. The fourth-order valence-electron chi connectivity index (χ4n) is 6.64. The highest BCUT2D eigenvalue weighted by atomic mass is 32.2. The molecule has 0 atom stereocenters. The first-order valence-electron chi connectivity index (χ1n) is 20.2. The minimum atomic E-state index is -3.88. The molecule has 8 rings (SSSR count). The van der Waals surface area contributed by atoms with E-state index in [4.69, 9.17) is 0 Å². The lowest BCUT2D eigenvalue weighted by Crippen LogP contribution is -2.32. The summed E-state index contributed by atoms with van der Waals surface area (Å²) >= 11 is 0. The van der Waals surface area contributed by atoms with Gasteiger partial charge in [0.2, 0.25) is 0 Å². The van der Waals surface area contributed by atoms with Gasteiger partial charge in [0.25, 0.3) is 31.9 Å². The van der Waals surface area contributed by atoms with Gasteiger partial charge < -0.3 is 10.6 Å². The van der Waals surface area contributed by atoms with E-state index in [1.54, 1.807) is 103 Å². The Balaban J connectivity index is 0.000000195. The molecule has 0 spiro atoms. The van der Waals surface area contributed by atoms with Crippen LogP contribution in [0.25, 0.3) is 10.9 Å². The van der Waals surface area contributed by atoms with Gasteiger partial charge >= 0.3 is 0 Å². The Morgan fingerprint density at radius 3 is 1.66 bits per heavy atom. The molecule has 2 amide bonds. The molecule has 2 aromatic heterocycles. The number of benzene rings is 6. The predicted molar refractivity (Wildman–Crippen MR) is 250 cm³/mol. The van der Waals surface area contributed by atoms with Crippen LogP contribution in [-0.4, -0.2) is 49.9 Å². The summed E-state index contributed by atoms with van der Waals surface area (Å²) in [4.78, 5) is 29.7. The topological polar surface area (TPSA) is 175 Å². The second-order valence-corrected chi connectivity index (χ2v) is 18.6. The van der Waals surface area contributed by atoms with E-state index in [1.807, 2.05) is 80.6 Å². The molecule has 0 unspecified atom stereocenters. The van der Waals surface area contributed by atoms with Crippen molar-refractivity contribution in [2.24, 2.45) is 0 Å². The van der Waals surface area contributed by atoms with E-state index in [0.29, 0.717) is 28.2 Å². The Hall–Kier alpha value is -7.62. The highest BCUT2D eigenvalue weighted by Crippen LogP contribution is 2.29. The number of amides is 2. The van der Waals surface area contributed by atoms with E-state index in [9.17, 15) is 26.4 Å². The van der Waals surface area contributed by atoms with Crippen LogP contribution in [0, 0.1) is 0 Å². The molecule has 13 nitrogen and oxygen atoms in total. The molecule has 8 aromatic rings. The first-order valence-corrected chi connectivity index (χ1v) is 23.1. The van der Waals surface area contributed by atoms with Crippen molar-refractivity contribution in [2.45, 2.75) is 42.8 Å². The summed E-state index contributed by atoms with van der Waals surface area (Å²) in [6.45, 7) is 4.00. The molecule has 0 aliphatic carbocycles. The first-order chi connectivity index (χ1) is 30.9. The van der Waals surface area contributed by atoms with E-state index in [1.165, 1.54) is 27.1 Å². The van der Waals surface area contributed by atoms with Crippen molar-refractivity contribution < 1.29 is 26.4 Å². The summed E-state index contributed by atoms with van der Waals surface area (Å²) in [5.74, 6) is -0.595. The van der Waals surface area contributed by atoms with Crippen molar-refractivity contribution in [1.82, 2.24) is 20.5 Å². The van der Waals surface area contributed by atoms with Crippen LogP contribution in [0.15, 0.2) is 198 Å². The normalized spacial score (nSPS) is 11.3. The predicted octanol–water partition coefficient (Wildman–Crippen LogP) is 8.83. The smallest absolute Gasteiger partial charge is 0.266 e. The number of hydrogen-bond donors (Lipinski definition) is 3. The Labute approximate surface area is 372 Å². The Morgan fingerprint density at radius 2 is 1.11 bits per heavy atom. The molecule has 2 heterocycles. The number of anilines is 3. The quantitative estimate of drug-likeness (QED) is 0.0971. The van der Waals surface area contributed by atoms with E-state index in [0.717, 1.165) is 22.0 Å². The third kappa shape index (κ3) is 10.9. The van der Waals surface area contributed by atoms with Crippen LogP contribution in [0.3, 0.4) is 0 Å². The van der Waals surface area contributed by atoms with Crippen LogP contribution in [0.1, 0.15) is 45.7 Å². The SMILES string of the molecule is CC(C)NC(=O)c1cccc(N(Cc2ccccc2)S(=O)(=O)c2cccnc2)c1.O=C(Nc1ccc2cn[nH]c2c1)c1cccc(N(Cc2ccccc2)S(=O)(=O)c2ccccc2)c1. The van der Waals surface area contributed by atoms with Crippen LogP contribution >= 0.6 is 0 Å². The van der Waals surface area contributed by atoms with E-state index < -0.39 is 20.0 Å². The maximum absolute atomic E-state index is 13.6. The monoisotopic (exact) mass is 891 g/mol. The maximum atomic E-state index is 13.6. The third-order valence-electron chi connectivity index (χ3n) is 9.80. The molecule has 0 aliphatic heterocycles. The van der Waals surface area contributed by atoms with Gasteiger partial charge in [0.05, 0.1) is 41.1 Å². The summed E-state index contributed by atoms with van der Waals surface area (Å²) in [7, 11) is -7.76. The fraction of sp³-hybridized carbons (Fsp3) is 0.102. The van der Waals surface area contributed by atoms with Gasteiger partial charge in [-0.2, -0.15) is 5.10 Å². The number of rotatable bonds is 14. The fourth-order valence-corrected chi connectivity index (χ4v) is 9.52. The number of carbonyl (C=O) groups is 2. The number of nitrogens with zero attached hydrogens (tertiary/aromatic N) is 4. The zero-order chi connectivity index (χ0) is 45.1. The highest BCUT2D eigenvalue weighted by Gasteiger charge is 2.27. The Kier molecular flexibility index (Phi) is 13.9. The highest BCUT2D eigenvalue weighted by molar-refractivity contribution is 7.93. The molecule has 324 valence electrons. The number of carbonyl (C=O) groups excluding carboxylic acids is 2.